The maximum absolute atomic E-state index is 14.0. The van der Waals surface area contributed by atoms with Crippen LogP contribution in [0.5, 0.6) is 0 Å². The predicted molar refractivity (Wildman–Crippen MR) is 84.0 cm³/mol. The number of fused-ring (bicyclic) bond motifs is 3. The summed E-state index contributed by atoms with van der Waals surface area (Å²) in [6, 6.07) is 2.01. The molecule has 0 aromatic rings. The maximum atomic E-state index is 14.0. The van der Waals surface area contributed by atoms with Gasteiger partial charge in [-0.25, -0.2) is 0 Å². The van der Waals surface area contributed by atoms with E-state index in [2.05, 4.69) is 0 Å². The third kappa shape index (κ3) is 1.99. The Labute approximate surface area is 136 Å². The van der Waals surface area contributed by atoms with Gasteiger partial charge in [0.1, 0.15) is 6.07 Å². The number of alkyl halides is 1. The molecule has 3 atom stereocenters. The van der Waals surface area contributed by atoms with Gasteiger partial charge in [0.2, 0.25) is 0 Å². The van der Waals surface area contributed by atoms with Gasteiger partial charge in [-0.15, -0.1) is 0 Å². The van der Waals surface area contributed by atoms with Gasteiger partial charge < -0.3 is 0 Å². The van der Waals surface area contributed by atoms with Crippen LogP contribution in [0.15, 0.2) is 23.3 Å². The molecule has 0 heterocycles. The second kappa shape index (κ2) is 4.87. The van der Waals surface area contributed by atoms with E-state index in [-0.39, 0.29) is 23.1 Å². The smallest absolute Gasteiger partial charge is 0.178 e. The van der Waals surface area contributed by atoms with Crippen LogP contribution in [0.4, 0.5) is 4.39 Å². The van der Waals surface area contributed by atoms with Crippen molar-refractivity contribution in [2.24, 2.45) is 22.2 Å². The summed E-state index contributed by atoms with van der Waals surface area (Å²) in [5.74, 6) is -0.137. The number of rotatable bonds is 1. The zero-order chi connectivity index (χ0) is 17.0. The monoisotopic (exact) mass is 315 g/mol. The molecule has 0 aromatic heterocycles. The molecule has 0 bridgehead atoms. The lowest BCUT2D eigenvalue weighted by molar-refractivity contribution is -0.131. The fourth-order valence-electron chi connectivity index (χ4n) is 5.23. The molecule has 3 aliphatic rings. The second-order valence-electron chi connectivity index (χ2n) is 8.03. The van der Waals surface area contributed by atoms with E-state index in [4.69, 9.17) is 0 Å². The van der Waals surface area contributed by atoms with Gasteiger partial charge in [0.05, 0.1) is 12.2 Å². The van der Waals surface area contributed by atoms with Crippen LogP contribution in [0.3, 0.4) is 0 Å². The van der Waals surface area contributed by atoms with Crippen LogP contribution in [-0.4, -0.2) is 18.2 Å². The molecule has 0 aromatic carbocycles. The Morgan fingerprint density at radius 1 is 1.30 bits per heavy atom. The molecule has 3 rings (SSSR count). The highest BCUT2D eigenvalue weighted by Crippen LogP contribution is 2.64. The molecule has 0 saturated heterocycles. The highest BCUT2D eigenvalue weighted by molar-refractivity contribution is 6.04. The second-order valence-corrected chi connectivity index (χ2v) is 8.03. The van der Waals surface area contributed by atoms with Gasteiger partial charge in [-0.05, 0) is 36.8 Å². The molecular weight excluding hydrogens is 293 g/mol. The number of nitrogens with zero attached hydrogens (tertiary/aromatic N) is 1. The minimum atomic E-state index is -0.682. The molecule has 0 spiro atoms. The van der Waals surface area contributed by atoms with Crippen molar-refractivity contribution in [1.82, 2.24) is 0 Å². The van der Waals surface area contributed by atoms with Gasteiger partial charge in [-0.1, -0.05) is 26.8 Å². The van der Waals surface area contributed by atoms with Crippen LogP contribution in [0.25, 0.3) is 0 Å². The molecule has 4 heteroatoms. The summed E-state index contributed by atoms with van der Waals surface area (Å²) in [5.41, 5.74) is -0.954. The standard InChI is InChI=1S/C19H22FNO2/c1-17(2)14-5-7-19(11-20)6-4-13(22)8-15(19)18(14,3)9-12(10-21)16(17)23/h8-9,14H,4-7,11H2,1-3H3/t14-,18?,19+/m0/s1. The lowest BCUT2D eigenvalue weighted by atomic mass is 9.45. The summed E-state index contributed by atoms with van der Waals surface area (Å²) in [5, 5.41) is 9.37. The van der Waals surface area contributed by atoms with Crippen LogP contribution >= 0.6 is 0 Å². The Morgan fingerprint density at radius 2 is 2.00 bits per heavy atom. The highest BCUT2D eigenvalue weighted by Gasteiger charge is 2.59. The highest BCUT2D eigenvalue weighted by atomic mass is 19.1. The van der Waals surface area contributed by atoms with Crippen molar-refractivity contribution in [3.05, 3.63) is 23.3 Å². The van der Waals surface area contributed by atoms with Gasteiger partial charge in [0.15, 0.2) is 11.6 Å². The molecule has 0 radical (unpaired) electrons. The summed E-state index contributed by atoms with van der Waals surface area (Å²) < 4.78 is 14.0. The van der Waals surface area contributed by atoms with Crippen molar-refractivity contribution >= 4 is 11.6 Å². The molecule has 3 aliphatic carbocycles. The van der Waals surface area contributed by atoms with Gasteiger partial charge in [-0.3, -0.25) is 14.0 Å². The molecule has 0 N–H and O–H groups in total. The molecule has 1 unspecified atom stereocenters. The van der Waals surface area contributed by atoms with E-state index < -0.39 is 22.9 Å². The summed E-state index contributed by atoms with van der Waals surface area (Å²) in [4.78, 5) is 24.6. The number of halogens is 1. The third-order valence-corrected chi connectivity index (χ3v) is 6.46. The lowest BCUT2D eigenvalue weighted by Crippen LogP contribution is -2.54. The SMILES string of the molecule is CC1(C)C(=O)C(C#N)=CC2(C)C3=CC(=O)CC[C@]3(CF)CC[C@@H]12. The first-order valence-corrected chi connectivity index (χ1v) is 8.20. The number of allylic oxidation sites excluding steroid dienone is 4. The van der Waals surface area contributed by atoms with Gasteiger partial charge >= 0.3 is 0 Å². The largest absolute Gasteiger partial charge is 0.295 e. The molecule has 1 saturated carbocycles. The maximum Gasteiger partial charge on any atom is 0.178 e. The van der Waals surface area contributed by atoms with E-state index in [0.29, 0.717) is 19.3 Å². The fourth-order valence-corrected chi connectivity index (χ4v) is 5.23. The average Bonchev–Trinajstić information content (AvgIpc) is 2.52. The first-order valence-electron chi connectivity index (χ1n) is 8.20. The predicted octanol–water partition coefficient (Wildman–Crippen LogP) is 3.71. The number of Topliss-reactive ketones (excluding diaryl/α,β-unsaturated/α-hetero) is 1. The van der Waals surface area contributed by atoms with Crippen molar-refractivity contribution in [3.63, 3.8) is 0 Å². The Bertz CT molecular complexity index is 697. The summed E-state index contributed by atoms with van der Waals surface area (Å²) >= 11 is 0. The molecule has 0 aliphatic heterocycles. The minimum absolute atomic E-state index is 0.0172. The number of hydrogen-bond donors (Lipinski definition) is 0. The number of hydrogen-bond acceptors (Lipinski definition) is 3. The van der Waals surface area contributed by atoms with E-state index in [0.717, 1.165) is 12.0 Å². The Balaban J connectivity index is 2.26. The lowest BCUT2D eigenvalue weighted by Gasteiger charge is -2.58. The normalized spacial score (nSPS) is 38.8. The molecule has 3 nitrogen and oxygen atoms in total. The van der Waals surface area contributed by atoms with E-state index >= 15 is 0 Å². The topological polar surface area (TPSA) is 57.9 Å². The number of ketones is 2. The van der Waals surface area contributed by atoms with Crippen LogP contribution in [0.2, 0.25) is 0 Å². The number of nitriles is 1. The number of carbonyl (C=O) groups is 2. The van der Waals surface area contributed by atoms with Crippen LogP contribution in [-0.2, 0) is 9.59 Å². The minimum Gasteiger partial charge on any atom is -0.295 e. The molecule has 0 amide bonds. The average molecular weight is 315 g/mol. The quantitative estimate of drug-likeness (QED) is 0.741. The molecule has 122 valence electrons. The van der Waals surface area contributed by atoms with Crippen molar-refractivity contribution in [1.29, 1.82) is 5.26 Å². The first kappa shape index (κ1) is 16.1. The van der Waals surface area contributed by atoms with Crippen molar-refractivity contribution in [2.45, 2.75) is 46.5 Å². The Morgan fingerprint density at radius 3 is 2.61 bits per heavy atom. The van der Waals surface area contributed by atoms with Crippen molar-refractivity contribution in [3.8, 4) is 6.07 Å². The first-order chi connectivity index (χ1) is 10.7. The fraction of sp³-hybridized carbons (Fsp3) is 0.632. The summed E-state index contributed by atoms with van der Waals surface area (Å²) in [6.07, 6.45) is 5.62. The molecule has 23 heavy (non-hydrogen) atoms. The zero-order valence-electron chi connectivity index (χ0n) is 13.9. The molecular formula is C19H22FNO2. The van der Waals surface area contributed by atoms with Gasteiger partial charge in [-0.2, -0.15) is 5.26 Å². The van der Waals surface area contributed by atoms with Crippen LogP contribution < -0.4 is 0 Å². The van der Waals surface area contributed by atoms with E-state index in [1.54, 1.807) is 12.2 Å². The van der Waals surface area contributed by atoms with Crippen molar-refractivity contribution < 1.29 is 14.0 Å². The van der Waals surface area contributed by atoms with E-state index in [1.807, 2.05) is 26.8 Å². The Hall–Kier alpha value is -1.76. The van der Waals surface area contributed by atoms with Crippen LogP contribution in [0.1, 0.15) is 46.5 Å². The zero-order valence-corrected chi connectivity index (χ0v) is 13.9. The van der Waals surface area contributed by atoms with Gasteiger partial charge in [0.25, 0.3) is 0 Å². The van der Waals surface area contributed by atoms with E-state index in [1.165, 1.54) is 0 Å². The Kier molecular flexibility index (Phi) is 3.41. The summed E-state index contributed by atoms with van der Waals surface area (Å²) in [7, 11) is 0. The number of carbonyl (C=O) groups excluding carboxylic acids is 2. The van der Waals surface area contributed by atoms with Crippen molar-refractivity contribution in [2.75, 3.05) is 6.67 Å². The van der Waals surface area contributed by atoms with Gasteiger partial charge in [0, 0.05) is 22.7 Å². The van der Waals surface area contributed by atoms with Crippen LogP contribution in [0, 0.1) is 33.5 Å². The third-order valence-electron chi connectivity index (χ3n) is 6.46. The summed E-state index contributed by atoms with van der Waals surface area (Å²) in [6.45, 7) is 5.22. The van der Waals surface area contributed by atoms with E-state index in [9.17, 15) is 19.2 Å². The molecule has 1 fully saturated rings.